The monoisotopic (exact) mass is 312 g/mol. The average Bonchev–Trinajstić information content (AvgIpc) is 2.90. The van der Waals surface area contributed by atoms with E-state index in [-0.39, 0.29) is 22.9 Å². The normalized spacial score (nSPS) is 46.6. The van der Waals surface area contributed by atoms with Gasteiger partial charge in [0.05, 0.1) is 0 Å². The lowest BCUT2D eigenvalue weighted by atomic mass is 9.46. The minimum atomic E-state index is -0.0163. The van der Waals surface area contributed by atoms with Crippen molar-refractivity contribution < 1.29 is 9.59 Å². The molecule has 5 atom stereocenters. The number of ketones is 2. The largest absolute Gasteiger partial charge is 0.295 e. The Balaban J connectivity index is 1.86. The molecule has 0 aromatic rings. The molecular weight excluding hydrogens is 284 g/mol. The smallest absolute Gasteiger partial charge is 0.166 e. The Morgan fingerprint density at radius 1 is 1.04 bits per heavy atom. The molecule has 3 fully saturated rings. The van der Waals surface area contributed by atoms with Gasteiger partial charge in [0, 0.05) is 17.9 Å². The van der Waals surface area contributed by atoms with E-state index in [1.807, 2.05) is 6.92 Å². The van der Waals surface area contributed by atoms with Crippen molar-refractivity contribution in [1.82, 2.24) is 0 Å². The van der Waals surface area contributed by atoms with Gasteiger partial charge in [-0.3, -0.25) is 9.59 Å². The van der Waals surface area contributed by atoms with Crippen LogP contribution in [0.1, 0.15) is 65.7 Å². The first kappa shape index (κ1) is 15.4. The van der Waals surface area contributed by atoms with Crippen molar-refractivity contribution in [3.8, 4) is 0 Å². The molecule has 0 N–H and O–H groups in total. The maximum atomic E-state index is 13.2. The lowest BCUT2D eigenvalue weighted by molar-refractivity contribution is -0.134. The van der Waals surface area contributed by atoms with E-state index in [0.29, 0.717) is 29.2 Å². The van der Waals surface area contributed by atoms with Crippen LogP contribution in [-0.2, 0) is 9.59 Å². The molecule has 0 aromatic heterocycles. The molecule has 0 saturated heterocycles. The summed E-state index contributed by atoms with van der Waals surface area (Å²) in [4.78, 5) is 25.5. The standard InChI is InChI=1S/C21H28O2/c1-12-16(22)8-11-21(4)15-7-10-20(3)9-5-6-14(20)17(15)19(23)13(2)18(12)21/h14-15,17H,2,5-11H2,1,3-4H3/t14-,15-,17-,20-,21+/m0/s1. The highest BCUT2D eigenvalue weighted by atomic mass is 16.1. The summed E-state index contributed by atoms with van der Waals surface area (Å²) in [6.07, 6.45) is 7.66. The van der Waals surface area contributed by atoms with Gasteiger partial charge in [0.15, 0.2) is 11.6 Å². The number of allylic oxidation sites excluding steroid dienone is 2. The molecule has 4 rings (SSSR count). The molecule has 0 bridgehead atoms. The van der Waals surface area contributed by atoms with Crippen LogP contribution < -0.4 is 0 Å². The highest BCUT2D eigenvalue weighted by Gasteiger charge is 2.60. The van der Waals surface area contributed by atoms with Gasteiger partial charge < -0.3 is 0 Å². The van der Waals surface area contributed by atoms with E-state index in [9.17, 15) is 9.59 Å². The Labute approximate surface area is 139 Å². The average molecular weight is 312 g/mol. The molecule has 4 aliphatic carbocycles. The molecule has 124 valence electrons. The molecule has 23 heavy (non-hydrogen) atoms. The van der Waals surface area contributed by atoms with Crippen molar-refractivity contribution in [2.45, 2.75) is 65.7 Å². The zero-order valence-electron chi connectivity index (χ0n) is 14.7. The third kappa shape index (κ3) is 1.81. The first-order valence-electron chi connectivity index (χ1n) is 9.28. The molecule has 2 nitrogen and oxygen atoms in total. The van der Waals surface area contributed by atoms with Crippen LogP contribution in [0.25, 0.3) is 0 Å². The van der Waals surface area contributed by atoms with Crippen molar-refractivity contribution in [2.75, 3.05) is 0 Å². The summed E-state index contributed by atoms with van der Waals surface area (Å²) in [5.74, 6) is 1.57. The van der Waals surface area contributed by atoms with Crippen LogP contribution >= 0.6 is 0 Å². The first-order valence-corrected chi connectivity index (χ1v) is 9.28. The van der Waals surface area contributed by atoms with Gasteiger partial charge in [0.2, 0.25) is 0 Å². The molecule has 0 unspecified atom stereocenters. The zero-order valence-corrected chi connectivity index (χ0v) is 14.7. The van der Waals surface area contributed by atoms with Gasteiger partial charge in [-0.1, -0.05) is 26.8 Å². The molecule has 0 heterocycles. The summed E-state index contributed by atoms with van der Waals surface area (Å²) in [6.45, 7) is 10.8. The quantitative estimate of drug-likeness (QED) is 0.610. The predicted molar refractivity (Wildman–Crippen MR) is 90.9 cm³/mol. The van der Waals surface area contributed by atoms with Crippen molar-refractivity contribution in [1.29, 1.82) is 0 Å². The van der Waals surface area contributed by atoms with E-state index in [4.69, 9.17) is 0 Å². The Morgan fingerprint density at radius 3 is 2.52 bits per heavy atom. The van der Waals surface area contributed by atoms with Gasteiger partial charge >= 0.3 is 0 Å². The maximum absolute atomic E-state index is 13.2. The lowest BCUT2D eigenvalue weighted by Crippen LogP contribution is -2.54. The highest BCUT2D eigenvalue weighted by molar-refractivity contribution is 6.07. The second-order valence-corrected chi connectivity index (χ2v) is 9.01. The van der Waals surface area contributed by atoms with Crippen LogP contribution in [0, 0.1) is 28.6 Å². The summed E-state index contributed by atoms with van der Waals surface area (Å²) >= 11 is 0. The minimum Gasteiger partial charge on any atom is -0.295 e. The van der Waals surface area contributed by atoms with E-state index in [1.54, 1.807) is 0 Å². The van der Waals surface area contributed by atoms with Gasteiger partial charge in [-0.25, -0.2) is 0 Å². The maximum Gasteiger partial charge on any atom is 0.166 e. The van der Waals surface area contributed by atoms with Gasteiger partial charge in [-0.15, -0.1) is 0 Å². The van der Waals surface area contributed by atoms with Crippen LogP contribution in [0.5, 0.6) is 0 Å². The Hall–Kier alpha value is -1.18. The fraction of sp³-hybridized carbons (Fsp3) is 0.714. The third-order valence-corrected chi connectivity index (χ3v) is 8.01. The molecule has 0 aromatic carbocycles. The van der Waals surface area contributed by atoms with E-state index in [0.717, 1.165) is 24.0 Å². The number of hydrogen-bond donors (Lipinski definition) is 0. The van der Waals surface area contributed by atoms with Crippen molar-refractivity contribution >= 4 is 11.6 Å². The second kappa shape index (κ2) is 4.68. The first-order chi connectivity index (χ1) is 10.8. The van der Waals surface area contributed by atoms with Crippen LogP contribution in [-0.4, -0.2) is 11.6 Å². The lowest BCUT2D eigenvalue weighted by Gasteiger charge is -2.57. The van der Waals surface area contributed by atoms with E-state index in [1.165, 1.54) is 25.7 Å². The summed E-state index contributed by atoms with van der Waals surface area (Å²) in [7, 11) is 0. The zero-order chi connectivity index (χ0) is 16.6. The second-order valence-electron chi connectivity index (χ2n) is 9.01. The highest BCUT2D eigenvalue weighted by Crippen LogP contribution is 2.65. The molecule has 0 radical (unpaired) electrons. The molecule has 3 saturated carbocycles. The van der Waals surface area contributed by atoms with Gasteiger partial charge in [-0.2, -0.15) is 0 Å². The molecule has 0 amide bonds. The fourth-order valence-electron chi connectivity index (χ4n) is 6.73. The van der Waals surface area contributed by atoms with Crippen molar-refractivity contribution in [2.24, 2.45) is 28.6 Å². The number of rotatable bonds is 0. The van der Waals surface area contributed by atoms with Gasteiger partial charge in [-0.05, 0) is 72.8 Å². The van der Waals surface area contributed by atoms with Gasteiger partial charge in [0.25, 0.3) is 0 Å². The van der Waals surface area contributed by atoms with Crippen LogP contribution in [0.4, 0.5) is 0 Å². The van der Waals surface area contributed by atoms with Crippen molar-refractivity contribution in [3.05, 3.63) is 23.3 Å². The van der Waals surface area contributed by atoms with Crippen LogP contribution in [0.2, 0.25) is 0 Å². The summed E-state index contributed by atoms with van der Waals surface area (Å²) in [5.41, 5.74) is 2.83. The summed E-state index contributed by atoms with van der Waals surface area (Å²) < 4.78 is 0. The number of carbonyl (C=O) groups excluding carboxylic acids is 2. The third-order valence-electron chi connectivity index (χ3n) is 8.01. The van der Waals surface area contributed by atoms with Crippen LogP contribution in [0.15, 0.2) is 23.3 Å². The number of carbonyl (C=O) groups is 2. The SMILES string of the molecule is C=C1C(=O)[C@H]2[C@@H]3CCC[C@@]3(C)CC[C@@H]2[C@@]2(C)CCC(=O)C(C)=C12. The number of fused-ring (bicyclic) bond motifs is 5. The van der Waals surface area contributed by atoms with E-state index >= 15 is 0 Å². The number of Topliss-reactive ketones (excluding diaryl/α,β-unsaturated/α-hetero) is 2. The Bertz CT molecular complexity index is 655. The minimum absolute atomic E-state index is 0.0163. The Morgan fingerprint density at radius 2 is 1.78 bits per heavy atom. The topological polar surface area (TPSA) is 34.1 Å². The van der Waals surface area contributed by atoms with Gasteiger partial charge in [0.1, 0.15) is 0 Å². The predicted octanol–water partition coefficient (Wildman–Crippen LogP) is 4.64. The molecule has 0 spiro atoms. The molecular formula is C21H28O2. The summed E-state index contributed by atoms with van der Waals surface area (Å²) in [5, 5.41) is 0. The molecule has 4 aliphatic rings. The Kier molecular flexibility index (Phi) is 3.12. The summed E-state index contributed by atoms with van der Waals surface area (Å²) in [6, 6.07) is 0. The fourth-order valence-corrected chi connectivity index (χ4v) is 6.73. The van der Waals surface area contributed by atoms with E-state index in [2.05, 4.69) is 20.4 Å². The van der Waals surface area contributed by atoms with Crippen molar-refractivity contribution in [3.63, 3.8) is 0 Å². The van der Waals surface area contributed by atoms with Crippen LogP contribution in [0.3, 0.4) is 0 Å². The molecule has 2 heteroatoms. The van der Waals surface area contributed by atoms with E-state index < -0.39 is 0 Å². The number of hydrogen-bond acceptors (Lipinski definition) is 2. The molecule has 0 aliphatic heterocycles.